The van der Waals surface area contributed by atoms with E-state index in [0.29, 0.717) is 12.3 Å². The first kappa shape index (κ1) is 11.8. The van der Waals surface area contributed by atoms with Crippen LogP contribution < -0.4 is 0 Å². The third kappa shape index (κ3) is 1.93. The molecule has 3 N–H and O–H groups in total. The van der Waals surface area contributed by atoms with Gasteiger partial charge < -0.3 is 24.8 Å². The Kier molecular flexibility index (Phi) is 3.44. The molecule has 6 nitrogen and oxygen atoms in total. The van der Waals surface area contributed by atoms with E-state index in [-0.39, 0.29) is 6.61 Å². The Morgan fingerprint density at radius 1 is 1.31 bits per heavy atom. The number of ether oxygens (including phenoxy) is 2. The fourth-order valence-corrected chi connectivity index (χ4v) is 1.97. The summed E-state index contributed by atoms with van der Waals surface area (Å²) in [6, 6.07) is 0. The zero-order valence-corrected chi connectivity index (χ0v) is 9.11. The van der Waals surface area contributed by atoms with Crippen molar-refractivity contribution in [2.45, 2.75) is 50.4 Å². The number of rotatable bonds is 3. The first-order valence-corrected chi connectivity index (χ1v) is 5.53. The summed E-state index contributed by atoms with van der Waals surface area (Å²) in [5.41, 5.74) is 0. The molecular formula is C10H17NO5. The molecular weight excluding hydrogens is 214 g/mol. The highest BCUT2D eigenvalue weighted by atomic mass is 16.6. The second-order valence-electron chi connectivity index (χ2n) is 4.08. The molecule has 2 heterocycles. The lowest BCUT2D eigenvalue weighted by Gasteiger charge is -2.37. The van der Waals surface area contributed by atoms with Crippen LogP contribution >= 0.6 is 0 Å². The first-order chi connectivity index (χ1) is 7.67. The van der Waals surface area contributed by atoms with E-state index in [9.17, 15) is 10.2 Å². The predicted molar refractivity (Wildman–Crippen MR) is 55.0 cm³/mol. The second kappa shape index (κ2) is 4.67. The van der Waals surface area contributed by atoms with Gasteiger partial charge in [-0.15, -0.1) is 0 Å². The van der Waals surface area contributed by atoms with E-state index in [2.05, 4.69) is 4.99 Å². The van der Waals surface area contributed by atoms with Gasteiger partial charge in [-0.2, -0.15) is 0 Å². The lowest BCUT2D eigenvalue weighted by Crippen LogP contribution is -2.57. The zero-order chi connectivity index (χ0) is 11.7. The average Bonchev–Trinajstić information content (AvgIpc) is 2.67. The molecule has 0 amide bonds. The van der Waals surface area contributed by atoms with Crippen LogP contribution in [0, 0.1) is 0 Å². The molecule has 2 aliphatic heterocycles. The maximum absolute atomic E-state index is 9.80. The predicted octanol–water partition coefficient (Wildman–Crippen LogP) is -0.977. The van der Waals surface area contributed by atoms with Gasteiger partial charge in [0.05, 0.1) is 6.61 Å². The number of aliphatic hydroxyl groups is 3. The molecule has 92 valence electrons. The molecule has 16 heavy (non-hydrogen) atoms. The van der Waals surface area contributed by atoms with Crippen LogP contribution in [0.3, 0.4) is 0 Å². The Hall–Kier alpha value is -0.690. The van der Waals surface area contributed by atoms with Crippen molar-refractivity contribution in [2.75, 3.05) is 6.61 Å². The second-order valence-corrected chi connectivity index (χ2v) is 4.08. The van der Waals surface area contributed by atoms with Crippen LogP contribution in [-0.2, 0) is 9.47 Å². The monoisotopic (exact) mass is 231 g/mol. The van der Waals surface area contributed by atoms with Crippen molar-refractivity contribution in [2.24, 2.45) is 4.99 Å². The number of aliphatic hydroxyl groups excluding tert-OH is 3. The smallest absolute Gasteiger partial charge is 0.191 e. The van der Waals surface area contributed by atoms with Crippen molar-refractivity contribution in [1.82, 2.24) is 0 Å². The molecule has 5 unspecified atom stereocenters. The first-order valence-electron chi connectivity index (χ1n) is 5.53. The Balaban J connectivity index is 2.07. The number of hydrogen-bond donors (Lipinski definition) is 3. The van der Waals surface area contributed by atoms with Crippen LogP contribution in [0.5, 0.6) is 0 Å². The Bertz CT molecular complexity index is 282. The third-order valence-corrected chi connectivity index (χ3v) is 2.85. The Morgan fingerprint density at radius 3 is 2.69 bits per heavy atom. The topological polar surface area (TPSA) is 91.5 Å². The van der Waals surface area contributed by atoms with Crippen molar-refractivity contribution < 1.29 is 24.8 Å². The molecule has 0 aromatic heterocycles. The molecule has 0 aromatic carbocycles. The van der Waals surface area contributed by atoms with E-state index in [0.717, 1.165) is 6.42 Å². The van der Waals surface area contributed by atoms with Gasteiger partial charge in [-0.25, -0.2) is 4.99 Å². The summed E-state index contributed by atoms with van der Waals surface area (Å²) >= 11 is 0. The fourth-order valence-electron chi connectivity index (χ4n) is 1.97. The van der Waals surface area contributed by atoms with Crippen LogP contribution in [0.1, 0.15) is 19.8 Å². The molecule has 2 rings (SSSR count). The standard InChI is InChI=1S/C10H17NO5/c1-2-3-6-11-10-9(16-6)8(14)7(13)5(4-12)15-10/h5,7-10,12-14H,2-4H2,1H3. The third-order valence-electron chi connectivity index (χ3n) is 2.85. The maximum atomic E-state index is 9.80. The van der Waals surface area contributed by atoms with Gasteiger partial charge in [0.2, 0.25) is 0 Å². The molecule has 0 aromatic rings. The number of fused-ring (bicyclic) bond motifs is 1. The number of aliphatic imine (C=N–C) groups is 1. The van der Waals surface area contributed by atoms with E-state index in [1.165, 1.54) is 0 Å². The van der Waals surface area contributed by atoms with E-state index in [1.807, 2.05) is 6.92 Å². The molecule has 5 atom stereocenters. The van der Waals surface area contributed by atoms with Gasteiger partial charge in [0.1, 0.15) is 18.3 Å². The fraction of sp³-hybridized carbons (Fsp3) is 0.900. The van der Waals surface area contributed by atoms with Crippen LogP contribution in [0.2, 0.25) is 0 Å². The summed E-state index contributed by atoms with van der Waals surface area (Å²) in [4.78, 5) is 4.17. The lowest BCUT2D eigenvalue weighted by atomic mass is 9.99. The minimum absolute atomic E-state index is 0.347. The van der Waals surface area contributed by atoms with Gasteiger partial charge in [0.25, 0.3) is 0 Å². The van der Waals surface area contributed by atoms with E-state index in [1.54, 1.807) is 0 Å². The van der Waals surface area contributed by atoms with Crippen molar-refractivity contribution in [1.29, 1.82) is 0 Å². The van der Waals surface area contributed by atoms with Crippen LogP contribution in [-0.4, -0.2) is 58.5 Å². The normalized spacial score (nSPS) is 42.5. The zero-order valence-electron chi connectivity index (χ0n) is 9.11. The Morgan fingerprint density at radius 2 is 2.06 bits per heavy atom. The van der Waals surface area contributed by atoms with Crippen LogP contribution in [0.15, 0.2) is 4.99 Å². The minimum Gasteiger partial charge on any atom is -0.470 e. The number of nitrogens with zero attached hydrogens (tertiary/aromatic N) is 1. The SMILES string of the molecule is CCCC1=NC2OC(CO)C(O)C(O)C2O1. The molecule has 0 spiro atoms. The summed E-state index contributed by atoms with van der Waals surface area (Å²) in [7, 11) is 0. The van der Waals surface area contributed by atoms with Crippen LogP contribution in [0.4, 0.5) is 0 Å². The van der Waals surface area contributed by atoms with Gasteiger partial charge >= 0.3 is 0 Å². The van der Waals surface area contributed by atoms with E-state index < -0.39 is 30.6 Å². The van der Waals surface area contributed by atoms with E-state index >= 15 is 0 Å². The summed E-state index contributed by atoms with van der Waals surface area (Å²) in [6.45, 7) is 1.65. The minimum atomic E-state index is -1.14. The van der Waals surface area contributed by atoms with Crippen molar-refractivity contribution >= 4 is 5.90 Å². The maximum Gasteiger partial charge on any atom is 0.191 e. The molecule has 2 aliphatic rings. The molecule has 1 saturated heterocycles. The quantitative estimate of drug-likeness (QED) is 0.581. The molecule has 0 radical (unpaired) electrons. The van der Waals surface area contributed by atoms with Gasteiger partial charge in [0, 0.05) is 6.42 Å². The largest absolute Gasteiger partial charge is 0.470 e. The van der Waals surface area contributed by atoms with Crippen molar-refractivity contribution in [3.63, 3.8) is 0 Å². The molecule has 0 aliphatic carbocycles. The summed E-state index contributed by atoms with van der Waals surface area (Å²) < 4.78 is 10.8. The van der Waals surface area contributed by atoms with Gasteiger partial charge in [-0.05, 0) is 6.42 Å². The lowest BCUT2D eigenvalue weighted by molar-refractivity contribution is -0.214. The molecule has 6 heteroatoms. The van der Waals surface area contributed by atoms with E-state index in [4.69, 9.17) is 14.6 Å². The van der Waals surface area contributed by atoms with Gasteiger partial charge in [-0.1, -0.05) is 6.92 Å². The van der Waals surface area contributed by atoms with Crippen molar-refractivity contribution in [3.8, 4) is 0 Å². The number of hydrogen-bond acceptors (Lipinski definition) is 6. The average molecular weight is 231 g/mol. The highest BCUT2D eigenvalue weighted by Crippen LogP contribution is 2.29. The highest BCUT2D eigenvalue weighted by molar-refractivity contribution is 5.78. The summed E-state index contributed by atoms with van der Waals surface area (Å²) in [6.07, 6.45) is -2.71. The highest BCUT2D eigenvalue weighted by Gasteiger charge is 2.48. The van der Waals surface area contributed by atoms with Gasteiger partial charge in [0.15, 0.2) is 18.2 Å². The molecule has 1 fully saturated rings. The molecule has 0 saturated carbocycles. The summed E-state index contributed by atoms with van der Waals surface area (Å²) in [5.74, 6) is 0.544. The Labute approximate surface area is 93.5 Å². The van der Waals surface area contributed by atoms with Gasteiger partial charge in [-0.3, -0.25) is 0 Å². The summed E-state index contributed by atoms with van der Waals surface area (Å²) in [5, 5.41) is 28.4. The van der Waals surface area contributed by atoms with Crippen molar-refractivity contribution in [3.05, 3.63) is 0 Å². The van der Waals surface area contributed by atoms with Crippen LogP contribution in [0.25, 0.3) is 0 Å². The molecule has 0 bridgehead atoms.